The van der Waals surface area contributed by atoms with Gasteiger partial charge in [0.25, 0.3) is 0 Å². The molecule has 0 saturated heterocycles. The summed E-state index contributed by atoms with van der Waals surface area (Å²) in [4.78, 5) is 2.24. The van der Waals surface area contributed by atoms with Crippen LogP contribution in [-0.4, -0.2) is 19.0 Å². The van der Waals surface area contributed by atoms with Gasteiger partial charge in [0.15, 0.2) is 0 Å². The van der Waals surface area contributed by atoms with Crippen LogP contribution in [0.5, 0.6) is 5.75 Å². The zero-order valence-electron chi connectivity index (χ0n) is 11.2. The fraction of sp³-hybridized carbons (Fsp3) is 0.188. The Morgan fingerprint density at radius 3 is 2.60 bits per heavy atom. The van der Waals surface area contributed by atoms with Crippen molar-refractivity contribution < 1.29 is 4.74 Å². The predicted molar refractivity (Wildman–Crippen MR) is 81.0 cm³/mol. The Labute approximate surface area is 118 Å². The standard InChI is InChI=1S/C16H17N3O/c17-16(18)12-6-8-13(9-7-12)19-10-3-11-20-15-5-2-1-4-14(15)19/h1-2,4-9H,3,10-11H2,(H3,17,18). The van der Waals surface area contributed by atoms with E-state index in [1.807, 2.05) is 42.5 Å². The molecule has 102 valence electrons. The molecular formula is C16H17N3O. The van der Waals surface area contributed by atoms with Crippen molar-refractivity contribution in [2.24, 2.45) is 5.73 Å². The van der Waals surface area contributed by atoms with E-state index in [9.17, 15) is 0 Å². The lowest BCUT2D eigenvalue weighted by molar-refractivity contribution is 0.322. The van der Waals surface area contributed by atoms with Gasteiger partial charge in [0.05, 0.1) is 12.3 Å². The molecule has 0 aliphatic carbocycles. The highest BCUT2D eigenvalue weighted by molar-refractivity contribution is 5.95. The number of anilines is 2. The smallest absolute Gasteiger partial charge is 0.142 e. The molecule has 20 heavy (non-hydrogen) atoms. The van der Waals surface area contributed by atoms with Gasteiger partial charge in [0.2, 0.25) is 0 Å². The third-order valence-electron chi connectivity index (χ3n) is 3.43. The molecule has 1 heterocycles. The number of para-hydroxylation sites is 2. The zero-order chi connectivity index (χ0) is 13.9. The summed E-state index contributed by atoms with van der Waals surface area (Å²) in [6, 6.07) is 15.8. The SMILES string of the molecule is N=C(N)c1ccc(N2CCCOc3ccccc32)cc1. The van der Waals surface area contributed by atoms with Crippen LogP contribution in [0.25, 0.3) is 0 Å². The van der Waals surface area contributed by atoms with Gasteiger partial charge in [0, 0.05) is 17.8 Å². The first-order valence-corrected chi connectivity index (χ1v) is 6.69. The number of nitrogens with zero attached hydrogens (tertiary/aromatic N) is 1. The molecule has 3 rings (SSSR count). The van der Waals surface area contributed by atoms with E-state index in [4.69, 9.17) is 15.9 Å². The van der Waals surface area contributed by atoms with E-state index < -0.39 is 0 Å². The van der Waals surface area contributed by atoms with Crippen LogP contribution in [0, 0.1) is 5.41 Å². The molecule has 0 atom stereocenters. The van der Waals surface area contributed by atoms with Crippen LogP contribution in [0.2, 0.25) is 0 Å². The second-order valence-electron chi connectivity index (χ2n) is 4.78. The van der Waals surface area contributed by atoms with E-state index >= 15 is 0 Å². The molecule has 0 aromatic heterocycles. The molecule has 2 aromatic carbocycles. The summed E-state index contributed by atoms with van der Waals surface area (Å²) in [5.41, 5.74) is 8.41. The molecule has 0 unspecified atom stereocenters. The molecule has 0 fully saturated rings. The van der Waals surface area contributed by atoms with E-state index in [2.05, 4.69) is 11.0 Å². The molecule has 0 amide bonds. The van der Waals surface area contributed by atoms with Crippen molar-refractivity contribution in [3.63, 3.8) is 0 Å². The number of nitrogen functional groups attached to an aromatic ring is 1. The topological polar surface area (TPSA) is 62.3 Å². The van der Waals surface area contributed by atoms with Crippen LogP contribution in [-0.2, 0) is 0 Å². The molecule has 2 aromatic rings. The van der Waals surface area contributed by atoms with Gasteiger partial charge in [-0.05, 0) is 42.8 Å². The van der Waals surface area contributed by atoms with Crippen LogP contribution in [0.1, 0.15) is 12.0 Å². The summed E-state index contributed by atoms with van der Waals surface area (Å²) in [6.07, 6.45) is 0.975. The first kappa shape index (κ1) is 12.5. The number of nitrogens with two attached hydrogens (primary N) is 1. The largest absolute Gasteiger partial charge is 0.491 e. The van der Waals surface area contributed by atoms with Crippen molar-refractivity contribution in [3.05, 3.63) is 54.1 Å². The summed E-state index contributed by atoms with van der Waals surface area (Å²) in [6.45, 7) is 1.65. The summed E-state index contributed by atoms with van der Waals surface area (Å²) in [7, 11) is 0. The lowest BCUT2D eigenvalue weighted by Gasteiger charge is -2.24. The Bertz CT molecular complexity index is 622. The normalized spacial score (nSPS) is 14.1. The minimum Gasteiger partial charge on any atom is -0.491 e. The Hall–Kier alpha value is -2.49. The van der Waals surface area contributed by atoms with Gasteiger partial charge in [0.1, 0.15) is 11.6 Å². The third-order valence-corrected chi connectivity index (χ3v) is 3.43. The van der Waals surface area contributed by atoms with Crippen LogP contribution in [0.4, 0.5) is 11.4 Å². The molecule has 0 saturated carbocycles. The van der Waals surface area contributed by atoms with Gasteiger partial charge in [-0.1, -0.05) is 12.1 Å². The Morgan fingerprint density at radius 1 is 1.10 bits per heavy atom. The first-order chi connectivity index (χ1) is 9.75. The van der Waals surface area contributed by atoms with Crippen LogP contribution in [0.3, 0.4) is 0 Å². The number of fused-ring (bicyclic) bond motifs is 1. The van der Waals surface area contributed by atoms with Gasteiger partial charge >= 0.3 is 0 Å². The summed E-state index contributed by atoms with van der Waals surface area (Å²) in [5.74, 6) is 1.01. The van der Waals surface area contributed by atoms with Gasteiger partial charge in [-0.3, -0.25) is 5.41 Å². The summed E-state index contributed by atoms with van der Waals surface area (Å²) >= 11 is 0. The van der Waals surface area contributed by atoms with Crippen molar-refractivity contribution in [3.8, 4) is 5.75 Å². The lowest BCUT2D eigenvalue weighted by atomic mass is 10.1. The first-order valence-electron chi connectivity index (χ1n) is 6.69. The second-order valence-corrected chi connectivity index (χ2v) is 4.78. The number of benzene rings is 2. The highest BCUT2D eigenvalue weighted by Gasteiger charge is 2.17. The number of ether oxygens (including phenoxy) is 1. The van der Waals surface area contributed by atoms with E-state index in [1.54, 1.807) is 0 Å². The third kappa shape index (κ3) is 2.32. The quantitative estimate of drug-likeness (QED) is 0.649. The lowest BCUT2D eigenvalue weighted by Crippen LogP contribution is -2.18. The zero-order valence-corrected chi connectivity index (χ0v) is 11.2. The minimum absolute atomic E-state index is 0.0937. The molecule has 4 nitrogen and oxygen atoms in total. The van der Waals surface area contributed by atoms with Gasteiger partial charge in [-0.15, -0.1) is 0 Å². The Morgan fingerprint density at radius 2 is 1.85 bits per heavy atom. The predicted octanol–water partition coefficient (Wildman–Crippen LogP) is 2.89. The Balaban J connectivity index is 1.98. The van der Waals surface area contributed by atoms with Gasteiger partial charge < -0.3 is 15.4 Å². The van der Waals surface area contributed by atoms with E-state index in [0.29, 0.717) is 0 Å². The van der Waals surface area contributed by atoms with Gasteiger partial charge in [-0.25, -0.2) is 0 Å². The monoisotopic (exact) mass is 267 g/mol. The molecule has 3 N–H and O–H groups in total. The highest BCUT2D eigenvalue weighted by atomic mass is 16.5. The van der Waals surface area contributed by atoms with E-state index in [-0.39, 0.29) is 5.84 Å². The molecule has 1 aliphatic heterocycles. The van der Waals surface area contributed by atoms with Crippen molar-refractivity contribution in [2.75, 3.05) is 18.1 Å². The maximum atomic E-state index is 7.45. The molecule has 1 aliphatic rings. The van der Waals surface area contributed by atoms with E-state index in [0.717, 1.165) is 42.3 Å². The number of hydrogen-bond donors (Lipinski definition) is 2. The average Bonchev–Trinajstić information content (AvgIpc) is 2.69. The van der Waals surface area contributed by atoms with Gasteiger partial charge in [-0.2, -0.15) is 0 Å². The van der Waals surface area contributed by atoms with Crippen LogP contribution >= 0.6 is 0 Å². The van der Waals surface area contributed by atoms with Crippen molar-refractivity contribution in [1.29, 1.82) is 5.41 Å². The fourth-order valence-electron chi connectivity index (χ4n) is 2.42. The maximum Gasteiger partial charge on any atom is 0.142 e. The maximum absolute atomic E-state index is 7.45. The molecule has 0 bridgehead atoms. The molecular weight excluding hydrogens is 250 g/mol. The number of amidine groups is 1. The fourth-order valence-corrected chi connectivity index (χ4v) is 2.42. The van der Waals surface area contributed by atoms with Crippen molar-refractivity contribution in [1.82, 2.24) is 0 Å². The highest BCUT2D eigenvalue weighted by Crippen LogP contribution is 2.35. The number of rotatable bonds is 2. The van der Waals surface area contributed by atoms with Crippen LogP contribution < -0.4 is 15.4 Å². The summed E-state index contributed by atoms with van der Waals surface area (Å²) in [5, 5.41) is 7.45. The summed E-state index contributed by atoms with van der Waals surface area (Å²) < 4.78 is 5.77. The van der Waals surface area contributed by atoms with E-state index in [1.165, 1.54) is 0 Å². The minimum atomic E-state index is 0.0937. The molecule has 0 radical (unpaired) electrons. The second kappa shape index (κ2) is 5.25. The number of nitrogens with one attached hydrogen (secondary N) is 1. The van der Waals surface area contributed by atoms with Crippen LogP contribution in [0.15, 0.2) is 48.5 Å². The van der Waals surface area contributed by atoms with Crippen molar-refractivity contribution >= 4 is 17.2 Å². The Kier molecular flexibility index (Phi) is 3.29. The molecule has 4 heteroatoms. The molecule has 0 spiro atoms. The average molecular weight is 267 g/mol. The van der Waals surface area contributed by atoms with Crippen molar-refractivity contribution in [2.45, 2.75) is 6.42 Å². The number of hydrogen-bond acceptors (Lipinski definition) is 3.